The lowest BCUT2D eigenvalue weighted by Gasteiger charge is -2.34. The number of imidazole rings is 1. The zero-order valence-corrected chi connectivity index (χ0v) is 23.7. The third kappa shape index (κ3) is 5.85. The normalized spacial score (nSPS) is 13.5. The summed E-state index contributed by atoms with van der Waals surface area (Å²) in [5.74, 6) is 0.811. The lowest BCUT2D eigenvalue weighted by atomic mass is 9.98. The van der Waals surface area contributed by atoms with Crippen molar-refractivity contribution in [3.05, 3.63) is 95.7 Å². The van der Waals surface area contributed by atoms with Gasteiger partial charge < -0.3 is 19.5 Å². The Morgan fingerprint density at radius 2 is 1.77 bits per heavy atom. The molecule has 0 atom stereocenters. The molecule has 1 fully saturated rings. The molecule has 1 aliphatic rings. The number of aromatic amines is 1. The predicted octanol–water partition coefficient (Wildman–Crippen LogP) is 3.67. The van der Waals surface area contributed by atoms with Crippen molar-refractivity contribution in [1.82, 2.24) is 40.1 Å². The van der Waals surface area contributed by atoms with Gasteiger partial charge in [0, 0.05) is 37.8 Å². The van der Waals surface area contributed by atoms with Gasteiger partial charge in [-0.1, -0.05) is 61.5 Å². The second-order valence-corrected chi connectivity index (χ2v) is 10.4. The van der Waals surface area contributed by atoms with Gasteiger partial charge in [-0.05, 0) is 40.5 Å². The first-order valence-corrected chi connectivity index (χ1v) is 14.2. The molecule has 2 aromatic carbocycles. The highest BCUT2D eigenvalue weighted by Crippen LogP contribution is 2.30. The lowest BCUT2D eigenvalue weighted by Crippen LogP contribution is -2.50. The SMILES string of the molecule is CCCc1nc(CN2CCN(c3ccccn3)CC2=O)c(C(=O)O)n1Cc1ccc(-c2ccccc2-c2nn[nH]n2)cc1. The molecule has 1 aliphatic heterocycles. The highest BCUT2D eigenvalue weighted by atomic mass is 16.4. The van der Waals surface area contributed by atoms with Crippen LogP contribution in [0, 0.1) is 0 Å². The van der Waals surface area contributed by atoms with Crippen molar-refractivity contribution < 1.29 is 14.7 Å². The van der Waals surface area contributed by atoms with E-state index in [1.807, 2.05) is 78.6 Å². The zero-order valence-electron chi connectivity index (χ0n) is 23.7. The van der Waals surface area contributed by atoms with Gasteiger partial charge in [0.05, 0.1) is 18.8 Å². The summed E-state index contributed by atoms with van der Waals surface area (Å²) in [5.41, 5.74) is 4.26. The number of nitrogens with zero attached hydrogens (tertiary/aromatic N) is 8. The number of aromatic carboxylic acids is 1. The molecule has 12 nitrogen and oxygen atoms in total. The average Bonchev–Trinajstić information content (AvgIpc) is 3.68. The molecule has 218 valence electrons. The van der Waals surface area contributed by atoms with E-state index in [1.165, 1.54) is 0 Å². The molecule has 0 bridgehead atoms. The minimum Gasteiger partial charge on any atom is -0.477 e. The fraction of sp³-hybridized carbons (Fsp3) is 0.258. The molecular formula is C31H31N9O3. The number of hydrogen-bond donors (Lipinski definition) is 2. The average molecular weight is 578 g/mol. The summed E-state index contributed by atoms with van der Waals surface area (Å²) < 4.78 is 1.78. The number of benzene rings is 2. The van der Waals surface area contributed by atoms with Crippen LogP contribution in [0.5, 0.6) is 0 Å². The van der Waals surface area contributed by atoms with Crippen LogP contribution in [0.15, 0.2) is 72.9 Å². The molecule has 0 aliphatic carbocycles. The van der Waals surface area contributed by atoms with Crippen molar-refractivity contribution in [2.24, 2.45) is 0 Å². The summed E-state index contributed by atoms with van der Waals surface area (Å²) >= 11 is 0. The van der Waals surface area contributed by atoms with Crippen LogP contribution in [0.25, 0.3) is 22.5 Å². The van der Waals surface area contributed by atoms with Crippen LogP contribution >= 0.6 is 0 Å². The number of carboxylic acids is 1. The van der Waals surface area contributed by atoms with Crippen LogP contribution < -0.4 is 4.90 Å². The predicted molar refractivity (Wildman–Crippen MR) is 159 cm³/mol. The Hall–Kier alpha value is -5.39. The smallest absolute Gasteiger partial charge is 0.354 e. The number of tetrazole rings is 1. The molecule has 3 aromatic heterocycles. The molecule has 0 saturated carbocycles. The Balaban J connectivity index is 1.24. The Bertz CT molecular complexity index is 1720. The maximum Gasteiger partial charge on any atom is 0.354 e. The van der Waals surface area contributed by atoms with Gasteiger partial charge >= 0.3 is 5.97 Å². The lowest BCUT2D eigenvalue weighted by molar-refractivity contribution is -0.131. The number of amides is 1. The summed E-state index contributed by atoms with van der Waals surface area (Å²) in [7, 11) is 0. The van der Waals surface area contributed by atoms with Crippen LogP contribution in [-0.2, 0) is 24.3 Å². The van der Waals surface area contributed by atoms with Crippen LogP contribution in [0.2, 0.25) is 0 Å². The van der Waals surface area contributed by atoms with E-state index in [0.717, 1.165) is 34.5 Å². The minimum absolute atomic E-state index is 0.0866. The van der Waals surface area contributed by atoms with Crippen molar-refractivity contribution in [2.45, 2.75) is 32.9 Å². The molecule has 0 spiro atoms. The van der Waals surface area contributed by atoms with Gasteiger partial charge in [0.15, 0.2) is 5.69 Å². The first-order chi connectivity index (χ1) is 21.0. The third-order valence-corrected chi connectivity index (χ3v) is 7.55. The summed E-state index contributed by atoms with van der Waals surface area (Å²) in [5, 5.41) is 24.7. The number of aromatic nitrogens is 7. The second-order valence-electron chi connectivity index (χ2n) is 10.4. The monoisotopic (exact) mass is 577 g/mol. The van der Waals surface area contributed by atoms with Gasteiger partial charge in [0.1, 0.15) is 11.6 Å². The highest BCUT2D eigenvalue weighted by Gasteiger charge is 2.29. The second kappa shape index (κ2) is 12.2. The first-order valence-electron chi connectivity index (χ1n) is 14.2. The van der Waals surface area contributed by atoms with Crippen molar-refractivity contribution >= 4 is 17.7 Å². The standard InChI is InChI=1S/C31H31N9O3/c1-2-7-27-33-25(19-39-17-16-38(20-28(39)41)26-10-5-6-15-32-26)29(31(42)43)40(27)18-21-11-13-22(14-12-21)23-8-3-4-9-24(23)30-34-36-37-35-30/h3-6,8-15H,2,7,16-20H2,1H3,(H,42,43)(H,34,35,36,37). The number of carbonyl (C=O) groups is 2. The van der Waals surface area contributed by atoms with E-state index in [4.69, 9.17) is 4.98 Å². The van der Waals surface area contributed by atoms with Crippen LogP contribution in [0.3, 0.4) is 0 Å². The molecule has 12 heteroatoms. The number of anilines is 1. The number of piperazine rings is 1. The summed E-state index contributed by atoms with van der Waals surface area (Å²) in [6.45, 7) is 3.77. The molecule has 43 heavy (non-hydrogen) atoms. The topological polar surface area (TPSA) is 146 Å². The fourth-order valence-electron chi connectivity index (χ4n) is 5.46. The van der Waals surface area contributed by atoms with Crippen LogP contribution in [0.4, 0.5) is 5.82 Å². The Kier molecular flexibility index (Phi) is 7.90. The molecule has 4 heterocycles. The number of nitrogens with one attached hydrogen (secondary N) is 1. The van der Waals surface area contributed by atoms with E-state index in [1.54, 1.807) is 15.7 Å². The fourth-order valence-corrected chi connectivity index (χ4v) is 5.46. The molecule has 5 aromatic rings. The van der Waals surface area contributed by atoms with E-state index < -0.39 is 5.97 Å². The van der Waals surface area contributed by atoms with E-state index >= 15 is 0 Å². The Morgan fingerprint density at radius 1 is 0.977 bits per heavy atom. The van der Waals surface area contributed by atoms with Gasteiger partial charge in [-0.2, -0.15) is 5.21 Å². The Labute approximate surface area is 248 Å². The van der Waals surface area contributed by atoms with Gasteiger partial charge in [-0.3, -0.25) is 4.79 Å². The molecule has 1 amide bonds. The Morgan fingerprint density at radius 3 is 2.44 bits per heavy atom. The van der Waals surface area contributed by atoms with Crippen LogP contribution in [0.1, 0.15) is 40.9 Å². The zero-order chi connectivity index (χ0) is 29.8. The molecule has 6 rings (SSSR count). The largest absolute Gasteiger partial charge is 0.477 e. The van der Waals surface area contributed by atoms with Gasteiger partial charge in [0.25, 0.3) is 0 Å². The number of pyridine rings is 1. The number of carboxylic acid groups (broad SMARTS) is 1. The number of rotatable bonds is 10. The van der Waals surface area contributed by atoms with Crippen molar-refractivity contribution in [1.29, 1.82) is 0 Å². The van der Waals surface area contributed by atoms with E-state index in [-0.39, 0.29) is 24.7 Å². The molecule has 2 N–H and O–H groups in total. The maximum absolute atomic E-state index is 13.1. The molecule has 0 radical (unpaired) electrons. The van der Waals surface area contributed by atoms with E-state index in [2.05, 4.69) is 25.6 Å². The quantitative estimate of drug-likeness (QED) is 0.254. The molecule has 0 unspecified atom stereocenters. The van der Waals surface area contributed by atoms with Gasteiger partial charge in [0.2, 0.25) is 11.7 Å². The van der Waals surface area contributed by atoms with Gasteiger partial charge in [-0.15, -0.1) is 10.2 Å². The summed E-state index contributed by atoms with van der Waals surface area (Å²) in [4.78, 5) is 38.4. The minimum atomic E-state index is -1.06. The summed E-state index contributed by atoms with van der Waals surface area (Å²) in [6.07, 6.45) is 3.14. The molecular weight excluding hydrogens is 546 g/mol. The number of hydrogen-bond acceptors (Lipinski definition) is 8. The van der Waals surface area contributed by atoms with Gasteiger partial charge in [-0.25, -0.2) is 14.8 Å². The van der Waals surface area contributed by atoms with E-state index in [9.17, 15) is 14.7 Å². The third-order valence-electron chi connectivity index (χ3n) is 7.55. The maximum atomic E-state index is 13.1. The van der Waals surface area contributed by atoms with Crippen molar-refractivity contribution in [3.8, 4) is 22.5 Å². The van der Waals surface area contributed by atoms with Crippen molar-refractivity contribution in [3.63, 3.8) is 0 Å². The summed E-state index contributed by atoms with van der Waals surface area (Å²) in [6, 6.07) is 21.4. The first kappa shape index (κ1) is 27.8. The van der Waals surface area contributed by atoms with Crippen molar-refractivity contribution in [2.75, 3.05) is 24.5 Å². The number of aryl methyl sites for hydroxylation is 1. The highest BCUT2D eigenvalue weighted by molar-refractivity contribution is 5.88. The molecule has 1 saturated heterocycles. The van der Waals surface area contributed by atoms with E-state index in [0.29, 0.717) is 43.4 Å². The number of H-pyrrole nitrogens is 1. The van der Waals surface area contributed by atoms with Crippen LogP contribution in [-0.4, -0.2) is 76.7 Å². The number of carbonyl (C=O) groups excluding carboxylic acids is 1.